The minimum atomic E-state index is -2.62. The van der Waals surface area contributed by atoms with E-state index in [0.717, 1.165) is 4.57 Å². The number of ether oxygens (including phenoxy) is 1. The maximum atomic E-state index is 12.7. The van der Waals surface area contributed by atoms with Gasteiger partial charge in [-0.05, 0) is 64.6 Å². The molecule has 2 aromatic rings. The molecule has 0 N–H and O–H groups in total. The van der Waals surface area contributed by atoms with Crippen molar-refractivity contribution >= 4 is 22.6 Å². The van der Waals surface area contributed by atoms with Gasteiger partial charge in [-0.3, -0.25) is 4.79 Å². The summed E-state index contributed by atoms with van der Waals surface area (Å²) in [4.78, 5) is 12.1. The molecule has 22 heavy (non-hydrogen) atoms. The Morgan fingerprint density at radius 3 is 2.50 bits per heavy atom. The number of aromatic nitrogens is 1. The summed E-state index contributed by atoms with van der Waals surface area (Å²) in [6.45, 7) is -0.726. The number of halogens is 3. The number of hydrogen-bond donors (Lipinski definition) is 0. The van der Waals surface area contributed by atoms with Gasteiger partial charge in [0.15, 0.2) is 6.61 Å². The summed E-state index contributed by atoms with van der Waals surface area (Å²) >= 11 is 1.82. The van der Waals surface area contributed by atoms with Crippen molar-refractivity contribution in [3.05, 3.63) is 50.3 Å². The fourth-order valence-electron chi connectivity index (χ4n) is 1.96. The van der Waals surface area contributed by atoms with E-state index in [4.69, 9.17) is 10.00 Å². The predicted octanol–water partition coefficient (Wildman–Crippen LogP) is 3.29. The zero-order chi connectivity index (χ0) is 16.1. The second-order valence-corrected chi connectivity index (χ2v) is 5.51. The van der Waals surface area contributed by atoms with Gasteiger partial charge in [0.25, 0.3) is 12.0 Å². The van der Waals surface area contributed by atoms with E-state index in [1.165, 1.54) is 0 Å². The summed E-state index contributed by atoms with van der Waals surface area (Å²) in [5, 5.41) is 8.45. The monoisotopic (exact) mass is 416 g/mol. The first kappa shape index (κ1) is 16.4. The van der Waals surface area contributed by atoms with Crippen LogP contribution in [0.2, 0.25) is 0 Å². The molecule has 7 heteroatoms. The lowest BCUT2D eigenvalue weighted by atomic mass is 10.1. The summed E-state index contributed by atoms with van der Waals surface area (Å²) in [6, 6.07) is 11.7. The lowest BCUT2D eigenvalue weighted by Crippen LogP contribution is -2.26. The number of benzene rings is 1. The van der Waals surface area contributed by atoms with E-state index >= 15 is 0 Å². The van der Waals surface area contributed by atoms with Gasteiger partial charge in [-0.25, -0.2) is 8.78 Å². The predicted molar refractivity (Wildman–Crippen MR) is 86.0 cm³/mol. The molecule has 0 bridgehead atoms. The highest BCUT2D eigenvalue weighted by molar-refractivity contribution is 14.1. The van der Waals surface area contributed by atoms with Gasteiger partial charge < -0.3 is 9.30 Å². The average Bonchev–Trinajstić information content (AvgIpc) is 2.50. The van der Waals surface area contributed by atoms with Crippen LogP contribution in [0.3, 0.4) is 0 Å². The molecule has 4 nitrogen and oxygen atoms in total. The van der Waals surface area contributed by atoms with Crippen molar-refractivity contribution in [3.8, 4) is 23.1 Å². The second-order valence-electron chi connectivity index (χ2n) is 4.34. The Labute approximate surface area is 139 Å². The zero-order valence-corrected chi connectivity index (χ0v) is 13.5. The molecule has 0 unspecified atom stereocenters. The third-order valence-electron chi connectivity index (χ3n) is 2.90. The largest absolute Gasteiger partial charge is 0.479 e. The van der Waals surface area contributed by atoms with E-state index in [-0.39, 0.29) is 6.61 Å². The molecule has 0 amide bonds. The Morgan fingerprint density at radius 2 is 1.91 bits per heavy atom. The molecule has 114 valence electrons. The molecular formula is C15H11F2IN2O2. The van der Waals surface area contributed by atoms with Gasteiger partial charge in [-0.2, -0.15) is 5.26 Å². The molecule has 2 rings (SSSR count). The van der Waals surface area contributed by atoms with Gasteiger partial charge in [-0.15, -0.1) is 0 Å². The normalized spacial score (nSPS) is 10.5. The molecule has 0 spiro atoms. The first-order valence-corrected chi connectivity index (χ1v) is 7.38. The summed E-state index contributed by atoms with van der Waals surface area (Å²) in [6.07, 6.45) is -2.62. The van der Waals surface area contributed by atoms with E-state index in [1.807, 2.05) is 28.7 Å². The van der Waals surface area contributed by atoms with Crippen molar-refractivity contribution in [2.24, 2.45) is 0 Å². The molecule has 0 aliphatic carbocycles. The Bertz CT molecular complexity index is 752. The minimum absolute atomic E-state index is 0.0705. The van der Waals surface area contributed by atoms with Crippen molar-refractivity contribution in [1.29, 1.82) is 5.26 Å². The van der Waals surface area contributed by atoms with E-state index in [9.17, 15) is 13.6 Å². The molecule has 0 aliphatic rings. The van der Waals surface area contributed by atoms with Crippen LogP contribution >= 0.6 is 22.6 Å². The third kappa shape index (κ3) is 3.82. The Morgan fingerprint density at radius 1 is 1.23 bits per heavy atom. The number of hydrogen-bond acceptors (Lipinski definition) is 3. The highest BCUT2D eigenvalue weighted by atomic mass is 127. The molecule has 0 saturated carbocycles. The lowest BCUT2D eigenvalue weighted by molar-refractivity contribution is 0.125. The average molecular weight is 416 g/mol. The Balaban J connectivity index is 2.42. The van der Waals surface area contributed by atoms with Crippen molar-refractivity contribution in [1.82, 2.24) is 4.57 Å². The third-order valence-corrected chi connectivity index (χ3v) is 3.72. The number of pyridine rings is 1. The van der Waals surface area contributed by atoms with Crippen molar-refractivity contribution < 1.29 is 13.5 Å². The highest BCUT2D eigenvalue weighted by Crippen LogP contribution is 2.22. The molecule has 1 heterocycles. The van der Waals surface area contributed by atoms with Gasteiger partial charge >= 0.3 is 0 Å². The highest BCUT2D eigenvalue weighted by Gasteiger charge is 2.13. The summed E-state index contributed by atoms with van der Waals surface area (Å²) in [7, 11) is 0. The van der Waals surface area contributed by atoms with Gasteiger partial charge in [0, 0.05) is 0 Å². The van der Waals surface area contributed by atoms with Crippen LogP contribution < -0.4 is 10.3 Å². The minimum Gasteiger partial charge on any atom is -0.479 e. The number of rotatable bonds is 5. The van der Waals surface area contributed by atoms with E-state index in [1.54, 1.807) is 36.4 Å². The van der Waals surface area contributed by atoms with Gasteiger partial charge in [0.1, 0.15) is 11.8 Å². The van der Waals surface area contributed by atoms with Gasteiger partial charge in [0.05, 0.1) is 15.8 Å². The van der Waals surface area contributed by atoms with Crippen molar-refractivity contribution in [2.75, 3.05) is 6.61 Å². The number of alkyl halides is 2. The second kappa shape index (κ2) is 7.35. The van der Waals surface area contributed by atoms with Crippen LogP contribution in [-0.2, 0) is 6.54 Å². The quantitative estimate of drug-likeness (QED) is 0.704. The van der Waals surface area contributed by atoms with Crippen LogP contribution in [0, 0.1) is 14.9 Å². The standard InChI is InChI=1S/C15H11F2IN2O2/c16-14(17)9-20-13(6-5-12(18)15(20)21)10-1-3-11(4-2-10)22-8-7-19/h1-6,14H,8-9H2. The first-order chi connectivity index (χ1) is 10.5. The molecule has 0 radical (unpaired) electrons. The van der Waals surface area contributed by atoms with Crippen molar-refractivity contribution in [3.63, 3.8) is 0 Å². The molecular weight excluding hydrogens is 405 g/mol. The Kier molecular flexibility index (Phi) is 5.49. The van der Waals surface area contributed by atoms with Crippen LogP contribution in [0.1, 0.15) is 0 Å². The Hall–Kier alpha value is -1.95. The van der Waals surface area contributed by atoms with Gasteiger partial charge in [0.2, 0.25) is 0 Å². The molecule has 1 aromatic carbocycles. The molecule has 0 fully saturated rings. The summed E-state index contributed by atoms with van der Waals surface area (Å²) in [5.41, 5.74) is 0.596. The molecule has 1 aromatic heterocycles. The molecule has 0 aliphatic heterocycles. The lowest BCUT2D eigenvalue weighted by Gasteiger charge is -2.13. The SMILES string of the molecule is N#CCOc1ccc(-c2ccc(I)c(=O)n2CC(F)F)cc1. The van der Waals surface area contributed by atoms with Crippen LogP contribution in [0.4, 0.5) is 8.78 Å². The van der Waals surface area contributed by atoms with Crippen LogP contribution in [0.15, 0.2) is 41.2 Å². The van der Waals surface area contributed by atoms with E-state index in [0.29, 0.717) is 20.6 Å². The topological polar surface area (TPSA) is 55.0 Å². The molecule has 0 atom stereocenters. The fraction of sp³-hybridized carbons (Fsp3) is 0.200. The van der Waals surface area contributed by atoms with Gasteiger partial charge in [-0.1, -0.05) is 0 Å². The van der Waals surface area contributed by atoms with Crippen LogP contribution in [0.25, 0.3) is 11.3 Å². The summed E-state index contributed by atoms with van der Waals surface area (Å²) < 4.78 is 32.0. The van der Waals surface area contributed by atoms with E-state index in [2.05, 4.69) is 0 Å². The van der Waals surface area contributed by atoms with E-state index < -0.39 is 18.5 Å². The zero-order valence-electron chi connectivity index (χ0n) is 11.3. The smallest absolute Gasteiger partial charge is 0.264 e. The maximum absolute atomic E-state index is 12.7. The fourth-order valence-corrected chi connectivity index (χ4v) is 2.43. The maximum Gasteiger partial charge on any atom is 0.264 e. The number of nitrogens with zero attached hydrogens (tertiary/aromatic N) is 2. The van der Waals surface area contributed by atoms with Crippen molar-refractivity contribution in [2.45, 2.75) is 13.0 Å². The summed E-state index contributed by atoms with van der Waals surface area (Å²) in [5.74, 6) is 0.499. The number of nitriles is 1. The first-order valence-electron chi connectivity index (χ1n) is 6.30. The van der Waals surface area contributed by atoms with Crippen LogP contribution in [-0.4, -0.2) is 17.6 Å². The molecule has 0 saturated heterocycles. The van der Waals surface area contributed by atoms with Crippen LogP contribution in [0.5, 0.6) is 5.75 Å².